The second-order valence-corrected chi connectivity index (χ2v) is 5.49. The molecule has 0 radical (unpaired) electrons. The van der Waals surface area contributed by atoms with Gasteiger partial charge in [0, 0.05) is 17.5 Å². The Morgan fingerprint density at radius 3 is 2.68 bits per heavy atom. The van der Waals surface area contributed by atoms with Gasteiger partial charge in [0.1, 0.15) is 5.82 Å². The van der Waals surface area contributed by atoms with Crippen molar-refractivity contribution in [3.8, 4) is 5.88 Å². The van der Waals surface area contributed by atoms with Crippen LogP contribution in [-0.4, -0.2) is 27.3 Å². The lowest BCUT2D eigenvalue weighted by atomic mass is 10.1. The smallest absolute Gasteiger partial charge is 0.453 e. The minimum Gasteiger partial charge on any atom is -0.481 e. The fourth-order valence-corrected chi connectivity index (χ4v) is 2.40. The number of para-hydroxylation sites is 1. The normalized spacial score (nSPS) is 13.2. The van der Waals surface area contributed by atoms with Gasteiger partial charge in [-0.1, -0.05) is 18.2 Å². The van der Waals surface area contributed by atoms with Crippen molar-refractivity contribution in [2.45, 2.75) is 25.7 Å². The molecule has 0 spiro atoms. The molecule has 6 nitrogen and oxygen atoms in total. The average Bonchev–Trinajstić information content (AvgIpc) is 3.09. The van der Waals surface area contributed by atoms with Gasteiger partial charge in [0.15, 0.2) is 0 Å². The number of aromatic nitrogens is 4. The summed E-state index contributed by atoms with van der Waals surface area (Å²) in [7, 11) is 1.52. The molecule has 1 unspecified atom stereocenters. The van der Waals surface area contributed by atoms with Crippen LogP contribution in [-0.2, 0) is 12.7 Å². The van der Waals surface area contributed by atoms with Crippen LogP contribution in [0.5, 0.6) is 5.88 Å². The maximum atomic E-state index is 12.6. The van der Waals surface area contributed by atoms with Gasteiger partial charge in [-0.15, -0.1) is 5.10 Å². The zero-order valence-corrected chi connectivity index (χ0v) is 13.6. The van der Waals surface area contributed by atoms with Crippen molar-refractivity contribution in [2.75, 3.05) is 7.11 Å². The number of nitrogens with zero attached hydrogens (tertiary/aromatic N) is 3. The van der Waals surface area contributed by atoms with Gasteiger partial charge in [-0.25, -0.2) is 9.97 Å². The second kappa shape index (κ2) is 6.67. The molecule has 2 heterocycles. The molecule has 0 bridgehead atoms. The summed E-state index contributed by atoms with van der Waals surface area (Å²) in [4.78, 5) is 7.92. The molecule has 1 aromatic carbocycles. The fraction of sp³-hybridized carbons (Fsp3) is 0.312. The van der Waals surface area contributed by atoms with E-state index in [1.54, 1.807) is 6.92 Å². The number of hydrogen-bond acceptors (Lipinski definition) is 5. The molecular formula is C16H16F3N5O. The van der Waals surface area contributed by atoms with E-state index in [-0.39, 0.29) is 5.82 Å². The Hall–Kier alpha value is -2.68. The number of hydrogen-bond donors (Lipinski definition) is 2. The predicted octanol–water partition coefficient (Wildman–Crippen LogP) is 3.23. The lowest BCUT2D eigenvalue weighted by Gasteiger charge is -2.13. The van der Waals surface area contributed by atoms with E-state index in [4.69, 9.17) is 4.74 Å². The van der Waals surface area contributed by atoms with Gasteiger partial charge in [0.2, 0.25) is 5.88 Å². The first-order valence-corrected chi connectivity index (χ1v) is 7.54. The number of H-pyrrole nitrogens is 1. The molecule has 0 amide bonds. The van der Waals surface area contributed by atoms with Crippen molar-refractivity contribution < 1.29 is 17.9 Å². The molecule has 0 aliphatic heterocycles. The van der Waals surface area contributed by atoms with Crippen LogP contribution >= 0.6 is 0 Å². The van der Waals surface area contributed by atoms with Crippen molar-refractivity contribution >= 4 is 10.9 Å². The molecule has 2 aromatic heterocycles. The third-order valence-electron chi connectivity index (χ3n) is 3.72. The summed E-state index contributed by atoms with van der Waals surface area (Å²) in [5.41, 5.74) is 1.60. The van der Waals surface area contributed by atoms with Crippen LogP contribution in [0.25, 0.3) is 10.9 Å². The van der Waals surface area contributed by atoms with Gasteiger partial charge in [0.05, 0.1) is 18.7 Å². The number of pyridine rings is 1. The van der Waals surface area contributed by atoms with Crippen molar-refractivity contribution in [3.05, 3.63) is 47.5 Å². The Morgan fingerprint density at radius 2 is 2.00 bits per heavy atom. The molecule has 25 heavy (non-hydrogen) atoms. The van der Waals surface area contributed by atoms with E-state index in [0.29, 0.717) is 12.4 Å². The highest BCUT2D eigenvalue weighted by atomic mass is 19.4. The summed E-state index contributed by atoms with van der Waals surface area (Å²) >= 11 is 0. The first-order valence-electron chi connectivity index (χ1n) is 7.54. The summed E-state index contributed by atoms with van der Waals surface area (Å²) in [5.74, 6) is -0.604. The van der Waals surface area contributed by atoms with Crippen LogP contribution in [0, 0.1) is 0 Å². The summed E-state index contributed by atoms with van der Waals surface area (Å²) < 4.78 is 43.0. The highest BCUT2D eigenvalue weighted by Gasteiger charge is 2.36. The number of fused-ring (bicyclic) bond motifs is 1. The average molecular weight is 351 g/mol. The SMILES string of the molecule is COc1nc2ccccc2cc1CNC(C)c1nc(C(F)(F)F)n[nH]1. The molecule has 0 fully saturated rings. The molecule has 0 aliphatic rings. The molecule has 0 aliphatic carbocycles. The van der Waals surface area contributed by atoms with Gasteiger partial charge in [0.25, 0.3) is 5.82 Å². The molecule has 0 saturated carbocycles. The molecule has 9 heteroatoms. The third-order valence-corrected chi connectivity index (χ3v) is 3.72. The predicted molar refractivity (Wildman–Crippen MR) is 84.9 cm³/mol. The maximum Gasteiger partial charge on any atom is 0.453 e. The van der Waals surface area contributed by atoms with E-state index in [0.717, 1.165) is 16.5 Å². The van der Waals surface area contributed by atoms with Crippen LogP contribution in [0.1, 0.15) is 30.2 Å². The maximum absolute atomic E-state index is 12.6. The lowest BCUT2D eigenvalue weighted by Crippen LogP contribution is -2.20. The number of halogens is 3. The topological polar surface area (TPSA) is 75.7 Å². The molecule has 132 valence electrons. The fourth-order valence-electron chi connectivity index (χ4n) is 2.40. The van der Waals surface area contributed by atoms with Crippen LogP contribution in [0.3, 0.4) is 0 Å². The van der Waals surface area contributed by atoms with Crippen molar-refractivity contribution in [1.82, 2.24) is 25.5 Å². The quantitative estimate of drug-likeness (QED) is 0.738. The minimum atomic E-state index is -4.57. The van der Waals surface area contributed by atoms with Gasteiger partial charge in [-0.2, -0.15) is 13.2 Å². The first-order chi connectivity index (χ1) is 11.9. The van der Waals surface area contributed by atoms with Gasteiger partial charge in [-0.05, 0) is 19.1 Å². The van der Waals surface area contributed by atoms with E-state index in [9.17, 15) is 13.2 Å². The van der Waals surface area contributed by atoms with Crippen LogP contribution in [0.15, 0.2) is 30.3 Å². The van der Waals surface area contributed by atoms with Crippen LogP contribution in [0.2, 0.25) is 0 Å². The molecule has 3 aromatic rings. The Labute approximate surface area is 141 Å². The molecule has 3 rings (SSSR count). The van der Waals surface area contributed by atoms with Crippen LogP contribution in [0.4, 0.5) is 13.2 Å². The number of nitrogens with one attached hydrogen (secondary N) is 2. The zero-order chi connectivity index (χ0) is 18.0. The van der Waals surface area contributed by atoms with Crippen LogP contribution < -0.4 is 10.1 Å². The molecular weight excluding hydrogens is 335 g/mol. The first kappa shape index (κ1) is 17.2. The van der Waals surface area contributed by atoms with Crippen molar-refractivity contribution in [2.24, 2.45) is 0 Å². The molecule has 2 N–H and O–H groups in total. The highest BCUT2D eigenvalue weighted by Crippen LogP contribution is 2.27. The lowest BCUT2D eigenvalue weighted by molar-refractivity contribution is -0.144. The van der Waals surface area contributed by atoms with E-state index >= 15 is 0 Å². The summed E-state index contributed by atoms with van der Waals surface area (Å²) in [6.07, 6.45) is -4.57. The Kier molecular flexibility index (Phi) is 4.58. The van der Waals surface area contributed by atoms with E-state index in [1.165, 1.54) is 7.11 Å². The number of methoxy groups -OCH3 is 1. The summed E-state index contributed by atoms with van der Waals surface area (Å²) in [6, 6.07) is 9.08. The minimum absolute atomic E-state index is 0.111. The van der Waals surface area contributed by atoms with Crippen molar-refractivity contribution in [3.63, 3.8) is 0 Å². The standard InChI is InChI=1S/C16H16F3N5O/c1-9(13-22-15(24-23-13)16(17,18)19)20-8-11-7-10-5-3-4-6-12(10)21-14(11)25-2/h3-7,9,20H,8H2,1-2H3,(H,22,23,24). The van der Waals surface area contributed by atoms with E-state index < -0.39 is 18.0 Å². The van der Waals surface area contributed by atoms with Gasteiger partial charge >= 0.3 is 6.18 Å². The molecule has 0 saturated heterocycles. The highest BCUT2D eigenvalue weighted by molar-refractivity contribution is 5.80. The van der Waals surface area contributed by atoms with Crippen molar-refractivity contribution in [1.29, 1.82) is 0 Å². The van der Waals surface area contributed by atoms with Gasteiger partial charge < -0.3 is 10.1 Å². The Morgan fingerprint density at radius 1 is 1.24 bits per heavy atom. The Bertz CT molecular complexity index is 878. The monoisotopic (exact) mass is 351 g/mol. The van der Waals surface area contributed by atoms with E-state index in [1.807, 2.05) is 30.3 Å². The zero-order valence-electron chi connectivity index (χ0n) is 13.6. The summed E-state index contributed by atoms with van der Waals surface area (Å²) in [5, 5.41) is 9.57. The van der Waals surface area contributed by atoms with E-state index in [2.05, 4.69) is 25.5 Å². The largest absolute Gasteiger partial charge is 0.481 e. The third kappa shape index (κ3) is 3.71. The van der Waals surface area contributed by atoms with Gasteiger partial charge in [-0.3, -0.25) is 5.10 Å². The Balaban J connectivity index is 1.76. The number of rotatable bonds is 5. The number of aromatic amines is 1. The number of alkyl halides is 3. The summed E-state index contributed by atoms with van der Waals surface area (Å²) in [6.45, 7) is 2.05. The second-order valence-electron chi connectivity index (χ2n) is 5.49. The molecule has 1 atom stereocenters. The number of benzene rings is 1. The number of ether oxygens (including phenoxy) is 1.